The van der Waals surface area contributed by atoms with E-state index in [9.17, 15) is 4.79 Å². The molecule has 1 atom stereocenters. The van der Waals surface area contributed by atoms with Crippen LogP contribution in [0.3, 0.4) is 0 Å². The molecule has 0 aliphatic heterocycles. The van der Waals surface area contributed by atoms with Crippen molar-refractivity contribution < 1.29 is 9.53 Å². The van der Waals surface area contributed by atoms with E-state index in [1.807, 2.05) is 12.1 Å². The second-order valence-corrected chi connectivity index (χ2v) is 4.74. The molecule has 116 valence electrons. The molecule has 1 unspecified atom stereocenters. The van der Waals surface area contributed by atoms with Crippen molar-refractivity contribution in [2.75, 3.05) is 6.61 Å². The van der Waals surface area contributed by atoms with E-state index < -0.39 is 0 Å². The SMILES string of the molecule is C=CC(=O)OCC(CC)CCCC.C=Cc1cccnc1. The molecule has 0 amide bonds. The molecule has 21 heavy (non-hydrogen) atoms. The van der Waals surface area contributed by atoms with E-state index in [1.165, 1.54) is 18.9 Å². The van der Waals surface area contributed by atoms with Crippen molar-refractivity contribution in [1.29, 1.82) is 0 Å². The second kappa shape index (κ2) is 13.1. The molecule has 0 aliphatic rings. The fourth-order valence-corrected chi connectivity index (χ4v) is 1.65. The largest absolute Gasteiger partial charge is 0.462 e. The van der Waals surface area contributed by atoms with Gasteiger partial charge in [0.05, 0.1) is 6.61 Å². The number of esters is 1. The maximum atomic E-state index is 10.8. The molecular formula is C18H27NO2. The number of aromatic nitrogens is 1. The third-order valence-electron chi connectivity index (χ3n) is 3.09. The van der Waals surface area contributed by atoms with Gasteiger partial charge in [-0.1, -0.05) is 58.4 Å². The quantitative estimate of drug-likeness (QED) is 0.516. The van der Waals surface area contributed by atoms with E-state index in [0.717, 1.165) is 18.4 Å². The molecule has 1 heterocycles. The van der Waals surface area contributed by atoms with Gasteiger partial charge in [-0.3, -0.25) is 4.98 Å². The predicted octanol–water partition coefficient (Wildman–Crippen LogP) is 4.66. The summed E-state index contributed by atoms with van der Waals surface area (Å²) in [6, 6.07) is 3.84. The van der Waals surface area contributed by atoms with Gasteiger partial charge in [-0.25, -0.2) is 4.79 Å². The summed E-state index contributed by atoms with van der Waals surface area (Å²) in [5.74, 6) is 0.207. The summed E-state index contributed by atoms with van der Waals surface area (Å²) in [5, 5.41) is 0. The molecule has 1 aromatic heterocycles. The van der Waals surface area contributed by atoms with E-state index in [4.69, 9.17) is 4.74 Å². The number of pyridine rings is 1. The van der Waals surface area contributed by atoms with Crippen molar-refractivity contribution in [1.82, 2.24) is 4.98 Å². The predicted molar refractivity (Wildman–Crippen MR) is 88.8 cm³/mol. The van der Waals surface area contributed by atoms with Crippen LogP contribution >= 0.6 is 0 Å². The van der Waals surface area contributed by atoms with Crippen molar-refractivity contribution in [3.63, 3.8) is 0 Å². The third kappa shape index (κ3) is 10.5. The zero-order valence-corrected chi connectivity index (χ0v) is 13.3. The van der Waals surface area contributed by atoms with Gasteiger partial charge in [0.2, 0.25) is 0 Å². The van der Waals surface area contributed by atoms with Gasteiger partial charge in [-0.05, 0) is 24.0 Å². The lowest BCUT2D eigenvalue weighted by atomic mass is 10.0. The fourth-order valence-electron chi connectivity index (χ4n) is 1.65. The van der Waals surface area contributed by atoms with Crippen molar-refractivity contribution in [3.05, 3.63) is 49.3 Å². The monoisotopic (exact) mass is 289 g/mol. The van der Waals surface area contributed by atoms with Gasteiger partial charge in [0.1, 0.15) is 0 Å². The number of carbonyl (C=O) groups is 1. The average molecular weight is 289 g/mol. The minimum atomic E-state index is -0.310. The Hall–Kier alpha value is -1.90. The highest BCUT2D eigenvalue weighted by molar-refractivity contribution is 5.81. The summed E-state index contributed by atoms with van der Waals surface area (Å²) in [5.41, 5.74) is 1.06. The summed E-state index contributed by atoms with van der Waals surface area (Å²) < 4.78 is 4.98. The molecule has 1 rings (SSSR count). The second-order valence-electron chi connectivity index (χ2n) is 4.74. The molecule has 0 aromatic carbocycles. The molecule has 0 N–H and O–H groups in total. The Balaban J connectivity index is 0.000000423. The lowest BCUT2D eigenvalue weighted by Crippen LogP contribution is -2.12. The third-order valence-corrected chi connectivity index (χ3v) is 3.09. The fraction of sp³-hybridized carbons (Fsp3) is 0.444. The molecule has 0 saturated carbocycles. The number of unbranched alkanes of at least 4 members (excludes halogenated alkanes) is 1. The topological polar surface area (TPSA) is 39.2 Å². The first-order chi connectivity index (χ1) is 10.2. The smallest absolute Gasteiger partial charge is 0.330 e. The summed E-state index contributed by atoms with van der Waals surface area (Å²) in [4.78, 5) is 14.6. The number of ether oxygens (including phenoxy) is 1. The lowest BCUT2D eigenvalue weighted by molar-refractivity contribution is -0.139. The number of nitrogens with zero attached hydrogens (tertiary/aromatic N) is 1. The van der Waals surface area contributed by atoms with Crippen LogP contribution in [0.5, 0.6) is 0 Å². The molecule has 3 nitrogen and oxygen atoms in total. The first-order valence-corrected chi connectivity index (χ1v) is 7.49. The van der Waals surface area contributed by atoms with Gasteiger partial charge in [-0.2, -0.15) is 0 Å². The van der Waals surface area contributed by atoms with Gasteiger partial charge in [0.15, 0.2) is 0 Å². The summed E-state index contributed by atoms with van der Waals surface area (Å²) in [7, 11) is 0. The first-order valence-electron chi connectivity index (χ1n) is 7.49. The highest BCUT2D eigenvalue weighted by atomic mass is 16.5. The van der Waals surface area contributed by atoms with Crippen molar-refractivity contribution in [3.8, 4) is 0 Å². The average Bonchev–Trinajstić information content (AvgIpc) is 2.56. The normalized spacial score (nSPS) is 10.8. The minimum Gasteiger partial charge on any atom is -0.462 e. The van der Waals surface area contributed by atoms with Gasteiger partial charge < -0.3 is 4.74 Å². The van der Waals surface area contributed by atoms with E-state index >= 15 is 0 Å². The Morgan fingerprint density at radius 2 is 2.19 bits per heavy atom. The van der Waals surface area contributed by atoms with Gasteiger partial charge >= 0.3 is 5.97 Å². The Kier molecular flexibility index (Phi) is 11.9. The standard InChI is InChI=1S/C11H20O2.C7H7N/c1-4-7-8-10(5-2)9-13-11(12)6-3;1-2-7-4-3-5-8-6-7/h6,10H,3-5,7-9H2,1-2H3;2-6H,1H2. The number of carbonyl (C=O) groups excluding carboxylic acids is 1. The van der Waals surface area contributed by atoms with E-state index in [2.05, 4.69) is 32.0 Å². The summed E-state index contributed by atoms with van der Waals surface area (Å²) in [6.07, 6.45) is 11.1. The number of rotatable bonds is 8. The van der Waals surface area contributed by atoms with Crippen LogP contribution in [-0.4, -0.2) is 17.6 Å². The highest BCUT2D eigenvalue weighted by Gasteiger charge is 2.07. The Bertz CT molecular complexity index is 401. The molecule has 3 heteroatoms. The molecule has 0 spiro atoms. The zero-order valence-electron chi connectivity index (χ0n) is 13.3. The zero-order chi connectivity index (χ0) is 15.9. The van der Waals surface area contributed by atoms with Gasteiger partial charge in [-0.15, -0.1) is 0 Å². The molecule has 0 fully saturated rings. The molecule has 0 bridgehead atoms. The van der Waals surface area contributed by atoms with E-state index in [0.29, 0.717) is 12.5 Å². The maximum absolute atomic E-state index is 10.8. The van der Waals surface area contributed by atoms with Crippen LogP contribution in [0.25, 0.3) is 6.08 Å². The van der Waals surface area contributed by atoms with Crippen LogP contribution in [0, 0.1) is 5.92 Å². The van der Waals surface area contributed by atoms with Gasteiger partial charge in [0, 0.05) is 18.5 Å². The van der Waals surface area contributed by atoms with Gasteiger partial charge in [0.25, 0.3) is 0 Å². The van der Waals surface area contributed by atoms with Crippen molar-refractivity contribution in [2.45, 2.75) is 39.5 Å². The Morgan fingerprint density at radius 3 is 2.62 bits per heavy atom. The molecule has 1 aromatic rings. The van der Waals surface area contributed by atoms with Crippen LogP contribution < -0.4 is 0 Å². The highest BCUT2D eigenvalue weighted by Crippen LogP contribution is 2.12. The van der Waals surface area contributed by atoms with Crippen LogP contribution in [0.4, 0.5) is 0 Å². The van der Waals surface area contributed by atoms with Crippen LogP contribution in [0.1, 0.15) is 45.1 Å². The van der Waals surface area contributed by atoms with Crippen LogP contribution in [0.2, 0.25) is 0 Å². The molecule has 0 aliphatic carbocycles. The summed E-state index contributed by atoms with van der Waals surface area (Å²) >= 11 is 0. The lowest BCUT2D eigenvalue weighted by Gasteiger charge is -2.13. The van der Waals surface area contributed by atoms with Crippen molar-refractivity contribution >= 4 is 12.0 Å². The number of hydrogen-bond donors (Lipinski definition) is 0. The molecule has 0 saturated heterocycles. The van der Waals surface area contributed by atoms with Crippen molar-refractivity contribution in [2.24, 2.45) is 5.92 Å². The Morgan fingerprint density at radius 1 is 1.43 bits per heavy atom. The maximum Gasteiger partial charge on any atom is 0.330 e. The van der Waals surface area contributed by atoms with Crippen LogP contribution in [0.15, 0.2) is 43.8 Å². The molecule has 0 radical (unpaired) electrons. The number of hydrogen-bond acceptors (Lipinski definition) is 3. The first kappa shape index (κ1) is 19.1. The summed E-state index contributed by atoms with van der Waals surface area (Å²) in [6.45, 7) is 11.8. The van der Waals surface area contributed by atoms with Crippen LogP contribution in [-0.2, 0) is 9.53 Å². The Labute approximate surface area is 128 Å². The molecular weight excluding hydrogens is 262 g/mol. The van der Waals surface area contributed by atoms with E-state index in [1.54, 1.807) is 18.5 Å². The minimum absolute atomic E-state index is 0.310. The van der Waals surface area contributed by atoms with E-state index in [-0.39, 0.29) is 5.97 Å².